The molecule has 0 amide bonds. The second-order valence-corrected chi connectivity index (χ2v) is 7.49. The molecule has 28 heavy (non-hydrogen) atoms. The highest BCUT2D eigenvalue weighted by Crippen LogP contribution is 2.46. The van der Waals surface area contributed by atoms with Gasteiger partial charge >= 0.3 is 0 Å². The van der Waals surface area contributed by atoms with Crippen molar-refractivity contribution >= 4 is 27.5 Å². The van der Waals surface area contributed by atoms with E-state index in [1.807, 2.05) is 6.07 Å². The highest BCUT2D eigenvalue weighted by molar-refractivity contribution is 6.08. The summed E-state index contributed by atoms with van der Waals surface area (Å²) in [6.45, 7) is 2.23. The summed E-state index contributed by atoms with van der Waals surface area (Å²) in [6.07, 6.45) is 0.984. The number of methoxy groups -OCH3 is 2. The second-order valence-electron chi connectivity index (χ2n) is 7.49. The molecule has 1 N–H and O–H groups in total. The van der Waals surface area contributed by atoms with E-state index in [0.29, 0.717) is 6.04 Å². The Kier molecular flexibility index (Phi) is 3.93. The van der Waals surface area contributed by atoms with E-state index >= 15 is 0 Å². The molecule has 4 aromatic rings. The molecule has 2 unspecified atom stereocenters. The van der Waals surface area contributed by atoms with Crippen LogP contribution in [0.1, 0.15) is 24.9 Å². The zero-order valence-corrected chi connectivity index (χ0v) is 16.4. The number of fused-ring (bicyclic) bond motifs is 4. The van der Waals surface area contributed by atoms with Gasteiger partial charge in [0.15, 0.2) is 0 Å². The van der Waals surface area contributed by atoms with Gasteiger partial charge in [0, 0.05) is 51.2 Å². The normalized spacial score (nSPS) is 18.7. The quantitative estimate of drug-likeness (QED) is 0.508. The van der Waals surface area contributed by atoms with Crippen LogP contribution in [0, 0.1) is 0 Å². The fraction of sp³-hybridized carbons (Fsp3) is 0.250. The maximum Gasteiger partial charge on any atom is 0.129 e. The highest BCUT2D eigenvalue weighted by atomic mass is 16.5. The van der Waals surface area contributed by atoms with Gasteiger partial charge < -0.3 is 19.4 Å². The summed E-state index contributed by atoms with van der Waals surface area (Å²) >= 11 is 0. The number of hydrogen-bond acceptors (Lipinski definition) is 3. The fourth-order valence-corrected chi connectivity index (χ4v) is 4.65. The molecule has 142 valence electrons. The monoisotopic (exact) mass is 372 g/mol. The fourth-order valence-electron chi connectivity index (χ4n) is 4.65. The Labute approximate surface area is 164 Å². The Morgan fingerprint density at radius 3 is 2.14 bits per heavy atom. The van der Waals surface area contributed by atoms with Crippen LogP contribution in [0.15, 0.2) is 60.7 Å². The van der Waals surface area contributed by atoms with Crippen molar-refractivity contribution in [1.82, 2.24) is 4.57 Å². The Bertz CT molecular complexity index is 1120. The summed E-state index contributed by atoms with van der Waals surface area (Å²) in [6, 6.07) is 21.9. The van der Waals surface area contributed by atoms with E-state index in [1.165, 1.54) is 27.4 Å². The third-order valence-corrected chi connectivity index (χ3v) is 5.81. The maximum absolute atomic E-state index is 5.81. The predicted octanol–water partition coefficient (Wildman–Crippen LogP) is 5.61. The van der Waals surface area contributed by atoms with Crippen molar-refractivity contribution in [2.24, 2.45) is 0 Å². The van der Waals surface area contributed by atoms with E-state index in [4.69, 9.17) is 9.47 Å². The van der Waals surface area contributed by atoms with Crippen molar-refractivity contribution in [2.75, 3.05) is 19.5 Å². The minimum atomic E-state index is 0.178. The van der Waals surface area contributed by atoms with E-state index in [0.717, 1.165) is 23.6 Å². The standard InChI is InChI=1S/C24H24N2O2/c1-15-12-22(24-19(25-15)13-16(27-2)14-23(24)28-3)26-20-10-6-4-8-17(20)18-9-5-7-11-21(18)26/h4-11,13-15,22,25H,12H2,1-3H3. The molecule has 2 heterocycles. The summed E-state index contributed by atoms with van der Waals surface area (Å²) in [4.78, 5) is 0. The summed E-state index contributed by atoms with van der Waals surface area (Å²) < 4.78 is 13.8. The first-order valence-electron chi connectivity index (χ1n) is 9.71. The highest BCUT2D eigenvalue weighted by Gasteiger charge is 2.31. The minimum absolute atomic E-state index is 0.178. The molecule has 0 saturated heterocycles. The number of para-hydroxylation sites is 2. The van der Waals surface area contributed by atoms with E-state index in [9.17, 15) is 0 Å². The van der Waals surface area contributed by atoms with Gasteiger partial charge in [-0.3, -0.25) is 0 Å². The number of rotatable bonds is 3. The average molecular weight is 372 g/mol. The van der Waals surface area contributed by atoms with Gasteiger partial charge in [-0.25, -0.2) is 0 Å². The van der Waals surface area contributed by atoms with Crippen LogP contribution in [0.5, 0.6) is 11.5 Å². The molecule has 0 spiro atoms. The number of aromatic nitrogens is 1. The molecule has 1 aliphatic heterocycles. The molecule has 4 nitrogen and oxygen atoms in total. The molecule has 0 aliphatic carbocycles. The lowest BCUT2D eigenvalue weighted by atomic mass is 9.92. The summed E-state index contributed by atoms with van der Waals surface area (Å²) in [5.74, 6) is 1.67. The number of ether oxygens (including phenoxy) is 2. The van der Waals surface area contributed by atoms with E-state index in [2.05, 4.69) is 71.4 Å². The number of benzene rings is 3. The molecule has 2 atom stereocenters. The first-order chi connectivity index (χ1) is 13.7. The Hall–Kier alpha value is -3.14. The van der Waals surface area contributed by atoms with Gasteiger partial charge in [0.25, 0.3) is 0 Å². The van der Waals surface area contributed by atoms with Crippen LogP contribution >= 0.6 is 0 Å². The van der Waals surface area contributed by atoms with Crippen LogP contribution in [0.3, 0.4) is 0 Å². The third-order valence-electron chi connectivity index (χ3n) is 5.81. The molecule has 0 fully saturated rings. The van der Waals surface area contributed by atoms with Gasteiger partial charge in [-0.1, -0.05) is 36.4 Å². The van der Waals surface area contributed by atoms with Crippen molar-refractivity contribution in [3.05, 3.63) is 66.2 Å². The summed E-state index contributed by atoms with van der Waals surface area (Å²) in [5.41, 5.74) is 4.79. The minimum Gasteiger partial charge on any atom is -0.497 e. The van der Waals surface area contributed by atoms with Gasteiger partial charge in [0.1, 0.15) is 11.5 Å². The molecule has 1 aliphatic rings. The first kappa shape index (κ1) is 17.0. The van der Waals surface area contributed by atoms with Gasteiger partial charge in [-0.2, -0.15) is 0 Å². The van der Waals surface area contributed by atoms with Crippen LogP contribution in [-0.4, -0.2) is 24.8 Å². The smallest absolute Gasteiger partial charge is 0.129 e. The molecular formula is C24H24N2O2. The molecule has 4 heteroatoms. The van der Waals surface area contributed by atoms with Crippen LogP contribution in [-0.2, 0) is 0 Å². The Balaban J connectivity index is 1.84. The lowest BCUT2D eigenvalue weighted by Gasteiger charge is -2.34. The summed E-state index contributed by atoms with van der Waals surface area (Å²) in [5, 5.41) is 6.20. The molecule has 1 aromatic heterocycles. The molecule has 0 bridgehead atoms. The lowest BCUT2D eigenvalue weighted by molar-refractivity contribution is 0.381. The van der Waals surface area contributed by atoms with Gasteiger partial charge in [0.05, 0.1) is 20.3 Å². The van der Waals surface area contributed by atoms with Crippen LogP contribution in [0.2, 0.25) is 0 Å². The van der Waals surface area contributed by atoms with Gasteiger partial charge in [-0.05, 0) is 25.5 Å². The van der Waals surface area contributed by atoms with Crippen molar-refractivity contribution in [1.29, 1.82) is 0 Å². The number of nitrogens with zero attached hydrogens (tertiary/aromatic N) is 1. The van der Waals surface area contributed by atoms with Crippen molar-refractivity contribution < 1.29 is 9.47 Å². The SMILES string of the molecule is COc1cc2c(c(OC)c1)C(n1c3ccccc3c3ccccc31)CC(C)N2. The van der Waals surface area contributed by atoms with Crippen LogP contribution < -0.4 is 14.8 Å². The molecule has 3 aromatic carbocycles. The number of hydrogen-bond donors (Lipinski definition) is 1. The number of anilines is 1. The molecular weight excluding hydrogens is 348 g/mol. The second kappa shape index (κ2) is 6.48. The maximum atomic E-state index is 5.81. The molecule has 5 rings (SSSR count). The zero-order chi connectivity index (χ0) is 19.3. The number of nitrogens with one attached hydrogen (secondary N) is 1. The lowest BCUT2D eigenvalue weighted by Crippen LogP contribution is -2.29. The molecule has 0 radical (unpaired) electrons. The van der Waals surface area contributed by atoms with Crippen molar-refractivity contribution in [3.8, 4) is 11.5 Å². The van der Waals surface area contributed by atoms with E-state index < -0.39 is 0 Å². The Morgan fingerprint density at radius 2 is 1.54 bits per heavy atom. The van der Waals surface area contributed by atoms with Gasteiger partial charge in [0.2, 0.25) is 0 Å². The van der Waals surface area contributed by atoms with Crippen LogP contribution in [0.4, 0.5) is 5.69 Å². The molecule has 0 saturated carbocycles. The average Bonchev–Trinajstić information content (AvgIpc) is 3.06. The topological polar surface area (TPSA) is 35.4 Å². The predicted molar refractivity (Wildman–Crippen MR) is 115 cm³/mol. The first-order valence-corrected chi connectivity index (χ1v) is 9.71. The zero-order valence-electron chi connectivity index (χ0n) is 16.4. The largest absolute Gasteiger partial charge is 0.497 e. The van der Waals surface area contributed by atoms with E-state index in [1.54, 1.807) is 14.2 Å². The summed E-state index contributed by atoms with van der Waals surface area (Å²) in [7, 11) is 3.42. The van der Waals surface area contributed by atoms with Crippen molar-refractivity contribution in [3.63, 3.8) is 0 Å². The van der Waals surface area contributed by atoms with Crippen LogP contribution in [0.25, 0.3) is 21.8 Å². The van der Waals surface area contributed by atoms with E-state index in [-0.39, 0.29) is 6.04 Å². The van der Waals surface area contributed by atoms with Crippen molar-refractivity contribution in [2.45, 2.75) is 25.4 Å². The third kappa shape index (κ3) is 2.44. The Morgan fingerprint density at radius 1 is 0.893 bits per heavy atom. The van der Waals surface area contributed by atoms with Gasteiger partial charge in [-0.15, -0.1) is 0 Å².